The summed E-state index contributed by atoms with van der Waals surface area (Å²) in [5, 5.41) is 9.22. The van der Waals surface area contributed by atoms with Gasteiger partial charge < -0.3 is 4.90 Å². The Morgan fingerprint density at radius 2 is 2.00 bits per heavy atom. The second-order valence-electron chi connectivity index (χ2n) is 4.84. The molecule has 1 amide bonds. The van der Waals surface area contributed by atoms with Crippen LogP contribution in [0.15, 0.2) is 24.3 Å². The van der Waals surface area contributed by atoms with Crippen molar-refractivity contribution < 1.29 is 9.18 Å². The van der Waals surface area contributed by atoms with Gasteiger partial charge in [0.1, 0.15) is 11.7 Å². The van der Waals surface area contributed by atoms with E-state index in [1.165, 1.54) is 12.1 Å². The Labute approximate surface area is 120 Å². The van der Waals surface area contributed by atoms with Gasteiger partial charge in [-0.25, -0.2) is 4.39 Å². The van der Waals surface area contributed by atoms with Gasteiger partial charge in [-0.05, 0) is 37.0 Å². The van der Waals surface area contributed by atoms with Crippen molar-refractivity contribution in [1.82, 2.24) is 4.90 Å². The van der Waals surface area contributed by atoms with Gasteiger partial charge in [0.15, 0.2) is 0 Å². The summed E-state index contributed by atoms with van der Waals surface area (Å²) < 4.78 is 13.1. The van der Waals surface area contributed by atoms with Crippen LogP contribution in [0.25, 0.3) is 0 Å². The van der Waals surface area contributed by atoms with Crippen LogP contribution in [0.1, 0.15) is 32.3 Å². The molecule has 1 unspecified atom stereocenters. The van der Waals surface area contributed by atoms with Crippen molar-refractivity contribution in [2.75, 3.05) is 13.1 Å². The summed E-state index contributed by atoms with van der Waals surface area (Å²) in [6.45, 7) is 5.33. The molecule has 1 aromatic rings. The van der Waals surface area contributed by atoms with Crippen molar-refractivity contribution in [1.29, 1.82) is 5.26 Å². The summed E-state index contributed by atoms with van der Waals surface area (Å²) in [6, 6.07) is 8.12. The van der Waals surface area contributed by atoms with Crippen LogP contribution in [-0.2, 0) is 11.2 Å². The van der Waals surface area contributed by atoms with Gasteiger partial charge in [-0.15, -0.1) is 0 Å². The highest BCUT2D eigenvalue weighted by Crippen LogP contribution is 2.13. The van der Waals surface area contributed by atoms with E-state index < -0.39 is 5.92 Å². The lowest BCUT2D eigenvalue weighted by atomic mass is 9.99. The van der Waals surface area contributed by atoms with Gasteiger partial charge in [0.2, 0.25) is 5.91 Å². The van der Waals surface area contributed by atoms with Crippen molar-refractivity contribution in [2.24, 2.45) is 5.92 Å². The summed E-state index contributed by atoms with van der Waals surface area (Å²) in [7, 11) is 0. The maximum absolute atomic E-state index is 13.1. The molecule has 0 aliphatic rings. The molecule has 0 aromatic heterocycles. The van der Waals surface area contributed by atoms with Gasteiger partial charge >= 0.3 is 0 Å². The number of hydrogen-bond donors (Lipinski definition) is 0. The molecule has 0 radical (unpaired) electrons. The molecule has 4 heteroatoms. The Kier molecular flexibility index (Phi) is 6.72. The van der Waals surface area contributed by atoms with E-state index >= 15 is 0 Å². The van der Waals surface area contributed by atoms with E-state index in [0.29, 0.717) is 18.7 Å². The summed E-state index contributed by atoms with van der Waals surface area (Å²) in [6.07, 6.45) is 1.99. The van der Waals surface area contributed by atoms with E-state index in [-0.39, 0.29) is 18.1 Å². The second kappa shape index (κ2) is 8.31. The third-order valence-corrected chi connectivity index (χ3v) is 3.08. The molecule has 0 heterocycles. The molecule has 1 aromatic carbocycles. The van der Waals surface area contributed by atoms with Crippen molar-refractivity contribution in [3.63, 3.8) is 0 Å². The number of amides is 1. The lowest BCUT2D eigenvalue weighted by Crippen LogP contribution is -2.37. The number of halogens is 1. The van der Waals surface area contributed by atoms with Crippen LogP contribution < -0.4 is 0 Å². The van der Waals surface area contributed by atoms with Gasteiger partial charge in [-0.1, -0.05) is 26.0 Å². The minimum absolute atomic E-state index is 0.152. The third-order valence-electron chi connectivity index (χ3n) is 3.08. The Morgan fingerprint density at radius 3 is 2.50 bits per heavy atom. The second-order valence-corrected chi connectivity index (χ2v) is 4.84. The van der Waals surface area contributed by atoms with E-state index in [1.807, 2.05) is 13.8 Å². The van der Waals surface area contributed by atoms with Crippen LogP contribution >= 0.6 is 0 Å². The van der Waals surface area contributed by atoms with E-state index in [0.717, 1.165) is 12.8 Å². The molecular formula is C16H21FN2O. The minimum atomic E-state index is -0.741. The number of hydrogen-bond acceptors (Lipinski definition) is 2. The number of rotatable bonds is 7. The van der Waals surface area contributed by atoms with Crippen LogP contribution in [0.4, 0.5) is 4.39 Å². The average Bonchev–Trinajstić information content (AvgIpc) is 2.44. The molecule has 1 atom stereocenters. The molecular weight excluding hydrogens is 255 g/mol. The summed E-state index contributed by atoms with van der Waals surface area (Å²) >= 11 is 0. The molecule has 0 fully saturated rings. The zero-order valence-electron chi connectivity index (χ0n) is 12.1. The van der Waals surface area contributed by atoms with E-state index in [2.05, 4.69) is 6.07 Å². The Morgan fingerprint density at radius 1 is 1.35 bits per heavy atom. The number of carbonyl (C=O) groups is 1. The topological polar surface area (TPSA) is 44.1 Å². The Hall–Kier alpha value is -1.89. The molecule has 0 bridgehead atoms. The number of benzene rings is 1. The van der Waals surface area contributed by atoms with Crippen molar-refractivity contribution in [2.45, 2.75) is 33.1 Å². The lowest BCUT2D eigenvalue weighted by molar-refractivity contribution is -0.133. The first kappa shape index (κ1) is 16.2. The van der Waals surface area contributed by atoms with Gasteiger partial charge in [0.05, 0.1) is 6.07 Å². The van der Waals surface area contributed by atoms with Crippen LogP contribution in [-0.4, -0.2) is 23.9 Å². The molecule has 3 nitrogen and oxygen atoms in total. The highest BCUT2D eigenvalue weighted by molar-refractivity contribution is 5.81. The van der Waals surface area contributed by atoms with Crippen molar-refractivity contribution in [3.05, 3.63) is 35.6 Å². The highest BCUT2D eigenvalue weighted by atomic mass is 19.1. The standard InChI is InChI=1S/C16H21FN2O/c1-3-8-19(9-4-2)16(20)14(12-18)10-13-6-5-7-15(17)11-13/h5-7,11,14H,3-4,8-10H2,1-2H3. The molecule has 0 saturated carbocycles. The molecule has 0 aliphatic heterocycles. The first-order valence-corrected chi connectivity index (χ1v) is 7.05. The lowest BCUT2D eigenvalue weighted by Gasteiger charge is -2.24. The predicted molar refractivity (Wildman–Crippen MR) is 76.4 cm³/mol. The summed E-state index contributed by atoms with van der Waals surface area (Å²) in [5.74, 6) is -1.24. The predicted octanol–water partition coefficient (Wildman–Crippen LogP) is 3.16. The van der Waals surface area contributed by atoms with E-state index in [9.17, 15) is 14.4 Å². The first-order chi connectivity index (χ1) is 9.62. The van der Waals surface area contributed by atoms with Gasteiger partial charge in [0.25, 0.3) is 0 Å². The number of nitrogens with zero attached hydrogens (tertiary/aromatic N) is 2. The molecule has 1 rings (SSSR count). The summed E-state index contributed by atoms with van der Waals surface area (Å²) in [5.41, 5.74) is 0.679. The highest BCUT2D eigenvalue weighted by Gasteiger charge is 2.23. The van der Waals surface area contributed by atoms with Crippen LogP contribution in [0.3, 0.4) is 0 Å². The van der Waals surface area contributed by atoms with Crippen LogP contribution in [0.5, 0.6) is 0 Å². The molecule has 0 aliphatic carbocycles. The average molecular weight is 276 g/mol. The minimum Gasteiger partial charge on any atom is -0.342 e. The third kappa shape index (κ3) is 4.65. The number of carbonyl (C=O) groups excluding carboxylic acids is 1. The van der Waals surface area contributed by atoms with Crippen LogP contribution in [0.2, 0.25) is 0 Å². The SMILES string of the molecule is CCCN(CCC)C(=O)C(C#N)Cc1cccc(F)c1. The zero-order valence-corrected chi connectivity index (χ0v) is 12.1. The fraction of sp³-hybridized carbons (Fsp3) is 0.500. The molecule has 20 heavy (non-hydrogen) atoms. The van der Waals surface area contributed by atoms with E-state index in [1.54, 1.807) is 17.0 Å². The Balaban J connectivity index is 2.79. The number of nitriles is 1. The van der Waals surface area contributed by atoms with Gasteiger partial charge in [0, 0.05) is 13.1 Å². The fourth-order valence-corrected chi connectivity index (χ4v) is 2.18. The van der Waals surface area contributed by atoms with Gasteiger partial charge in [-0.3, -0.25) is 4.79 Å². The molecule has 0 N–H and O–H groups in total. The normalized spacial score (nSPS) is 11.7. The summed E-state index contributed by atoms with van der Waals surface area (Å²) in [4.78, 5) is 14.1. The quantitative estimate of drug-likeness (QED) is 0.768. The van der Waals surface area contributed by atoms with Crippen molar-refractivity contribution in [3.8, 4) is 6.07 Å². The maximum Gasteiger partial charge on any atom is 0.240 e. The Bertz CT molecular complexity index is 476. The fourth-order valence-electron chi connectivity index (χ4n) is 2.18. The first-order valence-electron chi connectivity index (χ1n) is 7.05. The van der Waals surface area contributed by atoms with Crippen molar-refractivity contribution >= 4 is 5.91 Å². The molecule has 0 saturated heterocycles. The monoisotopic (exact) mass is 276 g/mol. The molecule has 0 spiro atoms. The molecule has 108 valence electrons. The maximum atomic E-state index is 13.1. The largest absolute Gasteiger partial charge is 0.342 e. The van der Waals surface area contributed by atoms with E-state index in [4.69, 9.17) is 0 Å². The smallest absolute Gasteiger partial charge is 0.240 e. The van der Waals surface area contributed by atoms with Gasteiger partial charge in [-0.2, -0.15) is 5.26 Å². The van der Waals surface area contributed by atoms with Crippen LogP contribution in [0, 0.1) is 23.1 Å². The zero-order chi connectivity index (χ0) is 15.0.